The van der Waals surface area contributed by atoms with Crippen LogP contribution in [0.15, 0.2) is 18.2 Å². The standard InChI is InChI=1S/C15H14ClFN4O4/c1-8-18-19-13-6-21(12(15(23)24)5-20(8)13)14(22)7-25-9-2-3-11(17)10(16)4-9/h2-4,12H,5-7H2,1H3,(H,23,24). The van der Waals surface area contributed by atoms with Gasteiger partial charge in [0.2, 0.25) is 0 Å². The maximum atomic E-state index is 13.1. The lowest BCUT2D eigenvalue weighted by atomic mass is 10.2. The molecule has 0 saturated carbocycles. The van der Waals surface area contributed by atoms with E-state index in [1.807, 2.05) is 0 Å². The number of ether oxygens (including phenoxy) is 1. The van der Waals surface area contributed by atoms with Gasteiger partial charge in [0.1, 0.15) is 23.4 Å². The fraction of sp³-hybridized carbons (Fsp3) is 0.333. The first kappa shape index (κ1) is 17.2. The molecule has 2 aromatic rings. The summed E-state index contributed by atoms with van der Waals surface area (Å²) in [5, 5.41) is 17.1. The second-order valence-corrected chi connectivity index (χ2v) is 5.92. The van der Waals surface area contributed by atoms with Gasteiger partial charge in [0.15, 0.2) is 12.4 Å². The molecule has 1 unspecified atom stereocenters. The Morgan fingerprint density at radius 3 is 2.88 bits per heavy atom. The van der Waals surface area contributed by atoms with Crippen molar-refractivity contribution < 1.29 is 23.8 Å². The minimum Gasteiger partial charge on any atom is -0.484 e. The van der Waals surface area contributed by atoms with Crippen LogP contribution in [0.1, 0.15) is 11.6 Å². The molecule has 1 aromatic heterocycles. The number of aromatic nitrogens is 3. The van der Waals surface area contributed by atoms with E-state index >= 15 is 0 Å². The predicted octanol–water partition coefficient (Wildman–Crippen LogP) is 1.25. The normalized spacial score (nSPS) is 16.4. The number of aryl methyl sites for hydroxylation is 1. The number of fused-ring (bicyclic) bond motifs is 1. The van der Waals surface area contributed by atoms with Crippen LogP contribution in [0, 0.1) is 12.7 Å². The van der Waals surface area contributed by atoms with Gasteiger partial charge in [-0.15, -0.1) is 10.2 Å². The molecule has 0 fully saturated rings. The molecular formula is C15H14ClFN4O4. The molecule has 8 nitrogen and oxygen atoms in total. The molecule has 25 heavy (non-hydrogen) atoms. The SMILES string of the molecule is Cc1nnc2n1CC(C(=O)O)N(C(=O)COc1ccc(F)c(Cl)c1)C2. The second-order valence-electron chi connectivity index (χ2n) is 5.51. The molecule has 1 aliphatic rings. The van der Waals surface area contributed by atoms with E-state index in [0.717, 1.165) is 6.07 Å². The van der Waals surface area contributed by atoms with Crippen molar-refractivity contribution >= 4 is 23.5 Å². The predicted molar refractivity (Wildman–Crippen MR) is 83.6 cm³/mol. The largest absolute Gasteiger partial charge is 0.484 e. The number of carboxylic acids is 1. The highest BCUT2D eigenvalue weighted by molar-refractivity contribution is 6.30. The average Bonchev–Trinajstić information content (AvgIpc) is 2.95. The number of nitrogens with zero attached hydrogens (tertiary/aromatic N) is 4. The zero-order valence-electron chi connectivity index (χ0n) is 13.1. The first-order valence-corrected chi connectivity index (χ1v) is 7.73. The molecule has 0 saturated heterocycles. The van der Waals surface area contributed by atoms with Gasteiger partial charge in [-0.2, -0.15) is 0 Å². The third kappa shape index (κ3) is 3.41. The van der Waals surface area contributed by atoms with Gasteiger partial charge in [0.25, 0.3) is 5.91 Å². The highest BCUT2D eigenvalue weighted by atomic mass is 35.5. The Hall–Kier alpha value is -2.68. The van der Waals surface area contributed by atoms with Gasteiger partial charge in [0, 0.05) is 6.07 Å². The Kier molecular flexibility index (Phi) is 4.58. The van der Waals surface area contributed by atoms with Crippen LogP contribution in [0.2, 0.25) is 5.02 Å². The van der Waals surface area contributed by atoms with Crippen molar-refractivity contribution in [2.75, 3.05) is 6.61 Å². The number of carbonyl (C=O) groups is 2. The Morgan fingerprint density at radius 1 is 1.44 bits per heavy atom. The molecule has 132 valence electrons. The average molecular weight is 369 g/mol. The Labute approximate surface area is 146 Å². The number of hydrogen-bond acceptors (Lipinski definition) is 5. The van der Waals surface area contributed by atoms with E-state index in [4.69, 9.17) is 16.3 Å². The minimum absolute atomic E-state index is 0.0180. The molecule has 1 amide bonds. The van der Waals surface area contributed by atoms with Gasteiger partial charge < -0.3 is 19.3 Å². The van der Waals surface area contributed by atoms with Crippen molar-refractivity contribution in [2.45, 2.75) is 26.1 Å². The van der Waals surface area contributed by atoms with Crippen LogP contribution >= 0.6 is 11.6 Å². The lowest BCUT2D eigenvalue weighted by Crippen LogP contribution is -2.52. The number of benzene rings is 1. The first-order valence-electron chi connectivity index (χ1n) is 7.35. The molecule has 1 atom stereocenters. The Bertz CT molecular complexity index is 841. The molecule has 0 aliphatic carbocycles. The van der Waals surface area contributed by atoms with E-state index < -0.39 is 30.3 Å². The number of hydrogen-bond donors (Lipinski definition) is 1. The van der Waals surface area contributed by atoms with Crippen molar-refractivity contribution in [3.8, 4) is 5.75 Å². The zero-order chi connectivity index (χ0) is 18.1. The zero-order valence-corrected chi connectivity index (χ0v) is 13.9. The van der Waals surface area contributed by atoms with Gasteiger partial charge in [0.05, 0.1) is 18.1 Å². The monoisotopic (exact) mass is 368 g/mol. The Balaban J connectivity index is 1.73. The molecule has 2 heterocycles. The van der Waals surface area contributed by atoms with Crippen molar-refractivity contribution in [1.29, 1.82) is 0 Å². The van der Waals surface area contributed by atoms with Gasteiger partial charge in [-0.1, -0.05) is 11.6 Å². The van der Waals surface area contributed by atoms with Gasteiger partial charge >= 0.3 is 5.97 Å². The summed E-state index contributed by atoms with van der Waals surface area (Å²) in [4.78, 5) is 25.1. The number of rotatable bonds is 4. The fourth-order valence-corrected chi connectivity index (χ4v) is 2.75. The quantitative estimate of drug-likeness (QED) is 0.872. The summed E-state index contributed by atoms with van der Waals surface area (Å²) in [5.74, 6) is -0.949. The smallest absolute Gasteiger partial charge is 0.328 e. The third-order valence-electron chi connectivity index (χ3n) is 3.91. The summed E-state index contributed by atoms with van der Waals surface area (Å²) in [6.07, 6.45) is 0. The van der Waals surface area contributed by atoms with Crippen LogP contribution in [0.5, 0.6) is 5.75 Å². The molecule has 1 aromatic carbocycles. The number of amides is 1. The van der Waals surface area contributed by atoms with Gasteiger partial charge in [-0.05, 0) is 19.1 Å². The summed E-state index contributed by atoms with van der Waals surface area (Å²) in [5.41, 5.74) is 0. The molecule has 3 rings (SSSR count). The number of carboxylic acid groups (broad SMARTS) is 1. The van der Waals surface area contributed by atoms with E-state index in [2.05, 4.69) is 10.2 Å². The minimum atomic E-state index is -1.13. The highest BCUT2D eigenvalue weighted by Gasteiger charge is 2.36. The summed E-state index contributed by atoms with van der Waals surface area (Å²) < 4.78 is 20.1. The molecular weight excluding hydrogens is 355 g/mol. The maximum absolute atomic E-state index is 13.1. The van der Waals surface area contributed by atoms with Crippen molar-refractivity contribution in [2.24, 2.45) is 0 Å². The van der Waals surface area contributed by atoms with Crippen LogP contribution in [0.4, 0.5) is 4.39 Å². The first-order chi connectivity index (χ1) is 11.9. The van der Waals surface area contributed by atoms with E-state index in [1.54, 1.807) is 11.5 Å². The second kappa shape index (κ2) is 6.67. The molecule has 0 bridgehead atoms. The fourth-order valence-electron chi connectivity index (χ4n) is 2.58. The van der Waals surface area contributed by atoms with Crippen LogP contribution in [0.25, 0.3) is 0 Å². The van der Waals surface area contributed by atoms with Gasteiger partial charge in [-0.3, -0.25) is 4.79 Å². The van der Waals surface area contributed by atoms with Crippen molar-refractivity contribution in [3.05, 3.63) is 40.7 Å². The van der Waals surface area contributed by atoms with Crippen LogP contribution in [-0.2, 0) is 22.7 Å². The number of halogens is 2. The maximum Gasteiger partial charge on any atom is 0.328 e. The van der Waals surface area contributed by atoms with E-state index in [-0.39, 0.29) is 23.9 Å². The van der Waals surface area contributed by atoms with E-state index in [1.165, 1.54) is 17.0 Å². The number of aliphatic carboxylic acids is 1. The highest BCUT2D eigenvalue weighted by Crippen LogP contribution is 2.22. The topological polar surface area (TPSA) is 97.5 Å². The van der Waals surface area contributed by atoms with Crippen LogP contribution < -0.4 is 4.74 Å². The molecule has 0 radical (unpaired) electrons. The molecule has 1 aliphatic heterocycles. The molecule has 1 N–H and O–H groups in total. The van der Waals surface area contributed by atoms with Crippen molar-refractivity contribution in [1.82, 2.24) is 19.7 Å². The van der Waals surface area contributed by atoms with Crippen LogP contribution in [0.3, 0.4) is 0 Å². The summed E-state index contributed by atoms with van der Waals surface area (Å²) >= 11 is 5.66. The Morgan fingerprint density at radius 2 is 2.20 bits per heavy atom. The summed E-state index contributed by atoms with van der Waals surface area (Å²) in [6, 6.07) is 2.65. The van der Waals surface area contributed by atoms with E-state index in [0.29, 0.717) is 11.6 Å². The molecule has 10 heteroatoms. The summed E-state index contributed by atoms with van der Waals surface area (Å²) in [7, 11) is 0. The van der Waals surface area contributed by atoms with Crippen LogP contribution in [-0.4, -0.2) is 49.3 Å². The summed E-state index contributed by atoms with van der Waals surface area (Å²) in [6.45, 7) is 1.40. The van der Waals surface area contributed by atoms with Crippen molar-refractivity contribution in [3.63, 3.8) is 0 Å². The lowest BCUT2D eigenvalue weighted by Gasteiger charge is -2.33. The molecule has 0 spiro atoms. The lowest BCUT2D eigenvalue weighted by molar-refractivity contribution is -0.153. The number of carbonyl (C=O) groups excluding carboxylic acids is 1. The van der Waals surface area contributed by atoms with E-state index in [9.17, 15) is 19.1 Å². The third-order valence-corrected chi connectivity index (χ3v) is 4.20. The van der Waals surface area contributed by atoms with Gasteiger partial charge in [-0.25, -0.2) is 9.18 Å².